The fourth-order valence-corrected chi connectivity index (χ4v) is 7.20. The molecule has 0 radical (unpaired) electrons. The van der Waals surface area contributed by atoms with Crippen molar-refractivity contribution >= 4 is 42.7 Å². The van der Waals surface area contributed by atoms with Crippen LogP contribution in [-0.2, 0) is 0 Å². The molecule has 0 N–H and O–H groups in total. The van der Waals surface area contributed by atoms with Crippen molar-refractivity contribution in [3.05, 3.63) is 191 Å². The van der Waals surface area contributed by atoms with Gasteiger partial charge in [-0.05, 0) is 168 Å². The molecule has 4 rings (SSSR count). The van der Waals surface area contributed by atoms with E-state index in [9.17, 15) is 0 Å². The number of thiol groups is 2. The maximum Gasteiger partial charge on any atom is 0.0737 e. The maximum absolute atomic E-state index is 4.65. The molecule has 2 aliphatic rings. The first-order valence-corrected chi connectivity index (χ1v) is 27.6. The van der Waals surface area contributed by atoms with E-state index in [2.05, 4.69) is 216 Å². The zero-order valence-corrected chi connectivity index (χ0v) is 48.7. The van der Waals surface area contributed by atoms with Gasteiger partial charge in [0.2, 0.25) is 0 Å². The Kier molecular flexibility index (Phi) is 43.3. The molecule has 0 heterocycles. The number of aliphatic imine (C=N–C) groups is 1. The third-order valence-corrected chi connectivity index (χ3v) is 11.2. The van der Waals surface area contributed by atoms with E-state index < -0.39 is 0 Å². The largest absolute Gasteiger partial charge is 0.370 e. The summed E-state index contributed by atoms with van der Waals surface area (Å²) in [7, 11) is 0. The molecule has 0 aromatic heterocycles. The normalized spacial score (nSPS) is 13.1. The molecule has 0 saturated heterocycles. The molecule has 2 aliphatic carbocycles. The van der Waals surface area contributed by atoms with Crippen molar-refractivity contribution in [2.75, 3.05) is 12.3 Å². The van der Waals surface area contributed by atoms with Gasteiger partial charge in [0.25, 0.3) is 0 Å². The molecule has 0 unspecified atom stereocenters. The van der Waals surface area contributed by atoms with Crippen molar-refractivity contribution in [3.63, 3.8) is 0 Å². The van der Waals surface area contributed by atoms with Crippen molar-refractivity contribution < 1.29 is 0 Å². The van der Waals surface area contributed by atoms with Gasteiger partial charge in [-0.15, -0.1) is 19.2 Å². The molecule has 2 aromatic rings. The Balaban J connectivity index is 0. The predicted molar refractivity (Wildman–Crippen MR) is 331 cm³/mol. The Morgan fingerprint density at radius 3 is 1.50 bits per heavy atom. The fourth-order valence-electron chi connectivity index (χ4n) is 7.05. The first-order valence-electron chi connectivity index (χ1n) is 26.5. The minimum Gasteiger partial charge on any atom is -0.370 e. The van der Waals surface area contributed by atoms with Gasteiger partial charge in [0.15, 0.2) is 0 Å². The van der Waals surface area contributed by atoms with Crippen LogP contribution in [0.15, 0.2) is 185 Å². The first kappa shape index (κ1) is 67.8. The van der Waals surface area contributed by atoms with E-state index in [1.54, 1.807) is 0 Å². The van der Waals surface area contributed by atoms with Gasteiger partial charge in [-0.3, -0.25) is 4.99 Å². The summed E-state index contributed by atoms with van der Waals surface area (Å²) in [4.78, 5) is 8.00. The van der Waals surface area contributed by atoms with Crippen LogP contribution in [0, 0.1) is 5.92 Å². The monoisotopic (exact) mass is 987 g/mol. The van der Waals surface area contributed by atoms with E-state index >= 15 is 0 Å². The number of benzene rings is 2. The van der Waals surface area contributed by atoms with Crippen LogP contribution in [0.1, 0.15) is 191 Å². The van der Waals surface area contributed by atoms with Gasteiger partial charge < -0.3 is 4.90 Å². The summed E-state index contributed by atoms with van der Waals surface area (Å²) >= 11 is 7.92. The summed E-state index contributed by atoms with van der Waals surface area (Å²) in [5.74, 6) is 1.78. The second kappa shape index (κ2) is 44.7. The molecule has 4 heteroatoms. The molecule has 0 amide bonds. The lowest BCUT2D eigenvalue weighted by Crippen LogP contribution is -2.30. The number of nitrogens with zero attached hydrogens (tertiary/aromatic N) is 2. The third kappa shape index (κ3) is 36.7. The highest BCUT2D eigenvalue weighted by atomic mass is 32.1. The lowest BCUT2D eigenvalue weighted by Gasteiger charge is -2.29. The van der Waals surface area contributed by atoms with Gasteiger partial charge in [-0.1, -0.05) is 202 Å². The average molecular weight is 988 g/mol. The van der Waals surface area contributed by atoms with E-state index in [1.165, 1.54) is 116 Å². The van der Waals surface area contributed by atoms with Crippen molar-refractivity contribution in [2.45, 2.75) is 185 Å². The molecule has 2 aromatic carbocycles. The molecular weight excluding hydrogens is 885 g/mol. The molecule has 0 fully saturated rings. The first-order chi connectivity index (χ1) is 33.4. The van der Waals surface area contributed by atoms with Crippen LogP contribution >= 0.6 is 25.3 Å². The second-order valence-corrected chi connectivity index (χ2v) is 20.5. The van der Waals surface area contributed by atoms with E-state index in [0.717, 1.165) is 64.9 Å². The molecule has 388 valence electrons. The van der Waals surface area contributed by atoms with Crippen LogP contribution in [0.4, 0.5) is 0 Å². The maximum atomic E-state index is 4.65. The van der Waals surface area contributed by atoms with Crippen molar-refractivity contribution in [1.82, 2.24) is 4.90 Å². The predicted octanol–water partition coefficient (Wildman–Crippen LogP) is 21.4. The minimum atomic E-state index is 0.510. The molecule has 0 saturated carbocycles. The summed E-state index contributed by atoms with van der Waals surface area (Å²) in [6.45, 7) is 46.2. The van der Waals surface area contributed by atoms with Crippen LogP contribution in [0.25, 0.3) is 11.3 Å². The van der Waals surface area contributed by atoms with Gasteiger partial charge in [-0.2, -0.15) is 12.6 Å². The number of rotatable bonds is 22. The average Bonchev–Trinajstić information content (AvgIpc) is 3.34. The molecule has 0 bridgehead atoms. The van der Waals surface area contributed by atoms with Gasteiger partial charge in [-0.25, -0.2) is 0 Å². The summed E-state index contributed by atoms with van der Waals surface area (Å²) in [6.07, 6.45) is 35.9. The second-order valence-electron chi connectivity index (χ2n) is 19.2. The van der Waals surface area contributed by atoms with E-state index in [0.29, 0.717) is 6.04 Å². The van der Waals surface area contributed by atoms with Gasteiger partial charge >= 0.3 is 0 Å². The number of hydrogen-bond donors (Lipinski definition) is 2. The molecule has 0 aliphatic heterocycles. The standard InChI is InChI=1S/C19H21N.C16H29N.C16H18.C9H18S.C4H10.C2H6S/c1-15(2)14-20-19(18-12-8-5-9-13-18)16(3)17-10-6-4-7-11-17;1-7-16(6)17(15(4)5)13-11-9-8-10-12-14(2)3;1-13(15-9-5-3-6-10-15)14(2)16-11-7-4-8-12-16;1-3-4-5-6-7-8-9(2)10;1-4(2)3;1-2-3/h5-6,8-14H,1,4,7H2,2-3H3;7,15H,1-2,6,8-13H2,3-5H3;3,5-7,9-12H,4,8H2,1-2H3;10H,2-8H2,1H3;4H,1-3H3;3H,2H2,1H3/b19-16+,20-14?;;14-13-;;;. The smallest absolute Gasteiger partial charge is 0.0737 e. The molecular formula is C66H102N2S2. The van der Waals surface area contributed by atoms with Gasteiger partial charge in [0, 0.05) is 30.1 Å². The Labute approximate surface area is 445 Å². The highest BCUT2D eigenvalue weighted by Gasteiger charge is 2.10. The minimum absolute atomic E-state index is 0.510. The van der Waals surface area contributed by atoms with Crippen LogP contribution in [0.5, 0.6) is 0 Å². The van der Waals surface area contributed by atoms with E-state index in [1.807, 2.05) is 44.3 Å². The fraction of sp³-hybridized carbons (Fsp3) is 0.470. The topological polar surface area (TPSA) is 15.6 Å². The van der Waals surface area contributed by atoms with E-state index in [4.69, 9.17) is 0 Å². The SMILES string of the molecule is C/C(C1=CCCC=C1)=C(\C)c1ccccc1.C=C(C)C=N/C(=C(\C)C1=CCCC=C1)c1ccccc1.C=C(S)CCCCCCC.C=CC(=C)N(CCCCCCC(=C)C)C(C)C.CC(C)C.CCS. The third-order valence-electron chi connectivity index (χ3n) is 11.0. The lowest BCUT2D eigenvalue weighted by molar-refractivity contribution is 0.286. The van der Waals surface area contributed by atoms with Crippen molar-refractivity contribution in [2.24, 2.45) is 10.9 Å². The van der Waals surface area contributed by atoms with Crippen molar-refractivity contribution in [1.29, 1.82) is 0 Å². The quantitative estimate of drug-likeness (QED) is 0.0395. The lowest BCUT2D eigenvalue weighted by atomic mass is 9.94. The number of allylic oxidation sites excluding steroid dienone is 15. The molecule has 70 heavy (non-hydrogen) atoms. The van der Waals surface area contributed by atoms with Crippen LogP contribution in [-0.4, -0.2) is 29.5 Å². The van der Waals surface area contributed by atoms with Gasteiger partial charge in [0.1, 0.15) is 0 Å². The summed E-state index contributed by atoms with van der Waals surface area (Å²) in [5, 5.41) is 0. The zero-order chi connectivity index (χ0) is 53.1. The Morgan fingerprint density at radius 1 is 0.629 bits per heavy atom. The highest BCUT2D eigenvalue weighted by molar-refractivity contribution is 7.84. The highest BCUT2D eigenvalue weighted by Crippen LogP contribution is 2.28. The molecule has 2 nitrogen and oxygen atoms in total. The van der Waals surface area contributed by atoms with Gasteiger partial charge in [0.05, 0.1) is 5.70 Å². The number of unbranched alkanes of at least 4 members (excludes halogenated alkanes) is 7. The summed E-state index contributed by atoms with van der Waals surface area (Å²) in [6, 6.07) is 21.4. The Morgan fingerprint density at radius 2 is 1.09 bits per heavy atom. The molecule has 0 spiro atoms. The van der Waals surface area contributed by atoms with E-state index in [-0.39, 0.29) is 0 Å². The van der Waals surface area contributed by atoms with Crippen LogP contribution < -0.4 is 0 Å². The summed E-state index contributed by atoms with van der Waals surface area (Å²) < 4.78 is 0. The number of hydrogen-bond acceptors (Lipinski definition) is 4. The van der Waals surface area contributed by atoms with Crippen molar-refractivity contribution in [3.8, 4) is 0 Å². The van der Waals surface area contributed by atoms with Crippen LogP contribution in [0.3, 0.4) is 0 Å². The summed E-state index contributed by atoms with van der Waals surface area (Å²) in [5.41, 5.74) is 13.4. The van der Waals surface area contributed by atoms with Crippen LogP contribution in [0.2, 0.25) is 0 Å². The Bertz CT molecular complexity index is 1960. The Hall–Kier alpha value is -4.25. The molecule has 0 atom stereocenters. The zero-order valence-electron chi connectivity index (χ0n) is 46.9.